The molecule has 0 radical (unpaired) electrons. The molecule has 0 spiro atoms. The maximum absolute atomic E-state index is 13.5. The van der Waals surface area contributed by atoms with Gasteiger partial charge in [-0.25, -0.2) is 4.39 Å². The van der Waals surface area contributed by atoms with Crippen molar-refractivity contribution in [3.05, 3.63) is 87.5 Å². The number of nitrogens with zero attached hydrogens (tertiary/aromatic N) is 2. The fourth-order valence-corrected chi connectivity index (χ4v) is 4.16. The molecule has 2 aromatic heterocycles. The summed E-state index contributed by atoms with van der Waals surface area (Å²) in [5, 5.41) is 10.8. The van der Waals surface area contributed by atoms with Gasteiger partial charge in [0.1, 0.15) is 17.3 Å². The molecule has 0 unspecified atom stereocenters. The topological polar surface area (TPSA) is 58.6 Å². The summed E-state index contributed by atoms with van der Waals surface area (Å²) in [7, 11) is 0. The third kappa shape index (κ3) is 3.98. The number of pyridine rings is 1. The van der Waals surface area contributed by atoms with Crippen molar-refractivity contribution >= 4 is 0 Å². The van der Waals surface area contributed by atoms with Crippen molar-refractivity contribution in [3.8, 4) is 5.75 Å². The van der Waals surface area contributed by atoms with Crippen LogP contribution in [-0.4, -0.2) is 27.7 Å². The van der Waals surface area contributed by atoms with Crippen molar-refractivity contribution in [2.75, 3.05) is 13.1 Å². The van der Waals surface area contributed by atoms with E-state index in [9.17, 15) is 14.3 Å². The molecule has 1 N–H and O–H groups in total. The zero-order valence-electron chi connectivity index (χ0n) is 16.5. The molecular weight excluding hydrogens is 371 g/mol. The van der Waals surface area contributed by atoms with Gasteiger partial charge in [-0.05, 0) is 68.8 Å². The number of halogens is 1. The standard InChI is InChI=1S/C23H25FN2O3/c1-16-14-20(27)21(23(28)26(16)15-19-6-5-13-29-19)22(25-11-3-2-4-12-25)17-7-9-18(24)10-8-17/h5-10,13-14,22,27H,2-4,11-12,15H2,1H3/t22-/m1/s1. The van der Waals surface area contributed by atoms with Crippen molar-refractivity contribution < 1.29 is 13.9 Å². The Morgan fingerprint density at radius 3 is 2.52 bits per heavy atom. The van der Waals surface area contributed by atoms with Gasteiger partial charge in [0.15, 0.2) is 0 Å². The minimum atomic E-state index is -0.424. The fraction of sp³-hybridized carbons (Fsp3) is 0.348. The molecule has 29 heavy (non-hydrogen) atoms. The number of benzene rings is 1. The highest BCUT2D eigenvalue weighted by atomic mass is 19.1. The molecule has 3 aromatic rings. The Bertz CT molecular complexity index is 1020. The van der Waals surface area contributed by atoms with Crippen LogP contribution in [0.15, 0.2) is 57.9 Å². The monoisotopic (exact) mass is 396 g/mol. The molecule has 0 amide bonds. The smallest absolute Gasteiger partial charge is 0.260 e. The van der Waals surface area contributed by atoms with Gasteiger partial charge < -0.3 is 14.1 Å². The zero-order valence-corrected chi connectivity index (χ0v) is 16.5. The number of furan rings is 1. The third-order valence-corrected chi connectivity index (χ3v) is 5.63. The molecule has 4 rings (SSSR count). The van der Waals surface area contributed by atoms with Crippen LogP contribution in [0.5, 0.6) is 5.75 Å². The van der Waals surface area contributed by atoms with E-state index in [1.54, 1.807) is 42.0 Å². The second-order valence-corrected chi connectivity index (χ2v) is 7.61. The molecule has 1 aliphatic heterocycles. The van der Waals surface area contributed by atoms with Gasteiger partial charge in [-0.15, -0.1) is 0 Å². The first kappa shape index (κ1) is 19.5. The molecule has 152 valence electrons. The van der Waals surface area contributed by atoms with Gasteiger partial charge in [-0.2, -0.15) is 0 Å². The van der Waals surface area contributed by atoms with Crippen molar-refractivity contribution in [2.24, 2.45) is 0 Å². The first-order chi connectivity index (χ1) is 14.0. The summed E-state index contributed by atoms with van der Waals surface area (Å²) in [6.45, 7) is 3.74. The molecule has 6 heteroatoms. The van der Waals surface area contributed by atoms with Gasteiger partial charge in [-0.1, -0.05) is 18.6 Å². The van der Waals surface area contributed by atoms with Crippen molar-refractivity contribution in [1.82, 2.24) is 9.47 Å². The van der Waals surface area contributed by atoms with Crippen LogP contribution in [0.3, 0.4) is 0 Å². The zero-order chi connectivity index (χ0) is 20.4. The second kappa shape index (κ2) is 8.25. The lowest BCUT2D eigenvalue weighted by molar-refractivity contribution is 0.183. The SMILES string of the molecule is Cc1cc(O)c([C@@H](c2ccc(F)cc2)N2CCCCC2)c(=O)n1Cc1ccco1. The Morgan fingerprint density at radius 2 is 1.86 bits per heavy atom. The molecule has 1 fully saturated rings. The first-order valence-corrected chi connectivity index (χ1v) is 10.00. The number of aromatic nitrogens is 1. The number of likely N-dealkylation sites (tertiary alicyclic amines) is 1. The van der Waals surface area contributed by atoms with Crippen molar-refractivity contribution in [3.63, 3.8) is 0 Å². The Labute approximate surface area is 169 Å². The average molecular weight is 396 g/mol. The van der Waals surface area contributed by atoms with Gasteiger partial charge in [0.25, 0.3) is 5.56 Å². The summed E-state index contributed by atoms with van der Waals surface area (Å²) < 4.78 is 20.6. The highest BCUT2D eigenvalue weighted by Crippen LogP contribution is 2.34. The van der Waals surface area contributed by atoms with E-state index in [2.05, 4.69) is 4.90 Å². The van der Waals surface area contributed by atoms with E-state index < -0.39 is 6.04 Å². The first-order valence-electron chi connectivity index (χ1n) is 10.00. The van der Waals surface area contributed by atoms with Crippen LogP contribution in [0.4, 0.5) is 4.39 Å². The number of aromatic hydroxyl groups is 1. The van der Waals surface area contributed by atoms with E-state index in [0.29, 0.717) is 23.6 Å². The molecule has 3 heterocycles. The summed E-state index contributed by atoms with van der Waals surface area (Å²) in [4.78, 5) is 15.7. The van der Waals surface area contributed by atoms with E-state index in [4.69, 9.17) is 4.42 Å². The van der Waals surface area contributed by atoms with E-state index in [1.165, 1.54) is 12.1 Å². The number of hydrogen-bond acceptors (Lipinski definition) is 4. The normalized spacial score (nSPS) is 16.1. The summed E-state index contributed by atoms with van der Waals surface area (Å²) in [5.74, 6) is 0.320. The van der Waals surface area contributed by atoms with E-state index in [1.807, 2.05) is 6.07 Å². The third-order valence-electron chi connectivity index (χ3n) is 5.63. The summed E-state index contributed by atoms with van der Waals surface area (Å²) in [6.07, 6.45) is 4.79. The molecule has 0 aliphatic carbocycles. The fourth-order valence-electron chi connectivity index (χ4n) is 4.16. The molecule has 0 saturated carbocycles. The lowest BCUT2D eigenvalue weighted by Crippen LogP contribution is -2.38. The Kier molecular flexibility index (Phi) is 5.53. The van der Waals surface area contributed by atoms with Crippen LogP contribution in [0.2, 0.25) is 0 Å². The highest BCUT2D eigenvalue weighted by Gasteiger charge is 2.30. The Hall–Kier alpha value is -2.86. The lowest BCUT2D eigenvalue weighted by atomic mass is 9.94. The highest BCUT2D eigenvalue weighted by molar-refractivity contribution is 5.41. The number of piperidine rings is 1. The number of aryl methyl sites for hydroxylation is 1. The van der Waals surface area contributed by atoms with Crippen molar-refractivity contribution in [2.45, 2.75) is 38.8 Å². The number of rotatable bonds is 5. The molecule has 0 bridgehead atoms. The summed E-state index contributed by atoms with van der Waals surface area (Å²) >= 11 is 0. The molecule has 5 nitrogen and oxygen atoms in total. The molecular formula is C23H25FN2O3. The minimum Gasteiger partial charge on any atom is -0.507 e. The molecule has 1 aromatic carbocycles. The van der Waals surface area contributed by atoms with Gasteiger partial charge in [0.2, 0.25) is 0 Å². The van der Waals surface area contributed by atoms with Gasteiger partial charge in [0.05, 0.1) is 24.4 Å². The van der Waals surface area contributed by atoms with Crippen molar-refractivity contribution in [1.29, 1.82) is 0 Å². The second-order valence-electron chi connectivity index (χ2n) is 7.61. The van der Waals surface area contributed by atoms with Gasteiger partial charge >= 0.3 is 0 Å². The largest absolute Gasteiger partial charge is 0.507 e. The quantitative estimate of drug-likeness (QED) is 0.702. The van der Waals surface area contributed by atoms with E-state index in [-0.39, 0.29) is 17.1 Å². The maximum atomic E-state index is 13.5. The molecule has 1 aliphatic rings. The van der Waals surface area contributed by atoms with Crippen LogP contribution >= 0.6 is 0 Å². The van der Waals surface area contributed by atoms with E-state index >= 15 is 0 Å². The predicted octanol–water partition coefficient (Wildman–Crippen LogP) is 4.22. The Balaban J connectivity index is 1.85. The van der Waals surface area contributed by atoms with Crippen LogP contribution < -0.4 is 5.56 Å². The predicted molar refractivity (Wildman–Crippen MR) is 109 cm³/mol. The van der Waals surface area contributed by atoms with Gasteiger partial charge in [0, 0.05) is 5.69 Å². The number of hydrogen-bond donors (Lipinski definition) is 1. The maximum Gasteiger partial charge on any atom is 0.260 e. The minimum absolute atomic E-state index is 0.0249. The van der Waals surface area contributed by atoms with Crippen LogP contribution in [-0.2, 0) is 6.54 Å². The summed E-state index contributed by atoms with van der Waals surface area (Å²) in [5.41, 5.74) is 1.53. The average Bonchev–Trinajstić information content (AvgIpc) is 3.23. The molecule has 1 saturated heterocycles. The van der Waals surface area contributed by atoms with E-state index in [0.717, 1.165) is 37.9 Å². The van der Waals surface area contributed by atoms with Crippen LogP contribution in [0.25, 0.3) is 0 Å². The van der Waals surface area contributed by atoms with Crippen LogP contribution in [0.1, 0.15) is 47.9 Å². The Morgan fingerprint density at radius 1 is 1.14 bits per heavy atom. The molecule has 1 atom stereocenters. The van der Waals surface area contributed by atoms with Crippen LogP contribution in [0, 0.1) is 12.7 Å². The lowest BCUT2D eigenvalue weighted by Gasteiger charge is -2.35. The van der Waals surface area contributed by atoms with Gasteiger partial charge in [-0.3, -0.25) is 9.69 Å². The summed E-state index contributed by atoms with van der Waals surface area (Å²) in [6, 6.07) is 11.0.